The van der Waals surface area contributed by atoms with Gasteiger partial charge in [-0.15, -0.1) is 0 Å². The quantitative estimate of drug-likeness (QED) is 0.726. The molecule has 0 spiro atoms. The fourth-order valence-electron chi connectivity index (χ4n) is 3.11. The molecule has 6 nitrogen and oxygen atoms in total. The maximum absolute atomic E-state index is 5.45. The van der Waals surface area contributed by atoms with Crippen LogP contribution in [0.15, 0.2) is 41.1 Å². The number of halogens is 1. The van der Waals surface area contributed by atoms with Crippen molar-refractivity contribution in [2.45, 2.75) is 13.5 Å². The van der Waals surface area contributed by atoms with Crippen LogP contribution in [0.1, 0.15) is 11.3 Å². The summed E-state index contributed by atoms with van der Waals surface area (Å²) in [5.41, 5.74) is 3.06. The van der Waals surface area contributed by atoms with Crippen molar-refractivity contribution in [1.29, 1.82) is 0 Å². The van der Waals surface area contributed by atoms with E-state index in [4.69, 9.17) is 9.72 Å². The van der Waals surface area contributed by atoms with Crippen LogP contribution in [0.25, 0.3) is 5.65 Å². The zero-order valence-corrected chi connectivity index (χ0v) is 15.7. The second kappa shape index (κ2) is 7.01. The Morgan fingerprint density at radius 3 is 2.84 bits per heavy atom. The monoisotopic (exact) mass is 401 g/mol. The lowest BCUT2D eigenvalue weighted by Crippen LogP contribution is -2.37. The summed E-state index contributed by atoms with van der Waals surface area (Å²) < 4.78 is 8.64. The van der Waals surface area contributed by atoms with Crippen molar-refractivity contribution in [2.75, 3.05) is 36.5 Å². The standard InChI is InChI=1S/C18H20BrN5O/c1-13-16(21-12-14-4-2-3-5-15(14)19)24-7-6-20-17(18(24)22-13)23-8-10-25-11-9-23/h2-7,21H,8-12H2,1H3. The van der Waals surface area contributed by atoms with Crippen molar-refractivity contribution in [1.82, 2.24) is 14.4 Å². The number of nitrogens with zero attached hydrogens (tertiary/aromatic N) is 4. The van der Waals surface area contributed by atoms with Gasteiger partial charge in [0, 0.05) is 36.5 Å². The van der Waals surface area contributed by atoms with Gasteiger partial charge >= 0.3 is 0 Å². The van der Waals surface area contributed by atoms with E-state index in [0.717, 1.165) is 60.3 Å². The number of aromatic nitrogens is 3. The number of nitrogens with one attached hydrogen (secondary N) is 1. The summed E-state index contributed by atoms with van der Waals surface area (Å²) >= 11 is 3.60. The SMILES string of the molecule is Cc1nc2c(N3CCOCC3)nccn2c1NCc1ccccc1Br. The van der Waals surface area contributed by atoms with E-state index in [1.54, 1.807) is 0 Å². The molecule has 1 saturated heterocycles. The van der Waals surface area contributed by atoms with E-state index in [-0.39, 0.29) is 0 Å². The Hall–Kier alpha value is -2.12. The largest absolute Gasteiger partial charge is 0.378 e. The zero-order valence-electron chi connectivity index (χ0n) is 14.1. The Morgan fingerprint density at radius 1 is 1.24 bits per heavy atom. The highest BCUT2D eigenvalue weighted by Gasteiger charge is 2.19. The summed E-state index contributed by atoms with van der Waals surface area (Å²) in [5, 5.41) is 3.52. The molecule has 0 bridgehead atoms. The van der Waals surface area contributed by atoms with E-state index in [1.165, 1.54) is 5.56 Å². The van der Waals surface area contributed by atoms with E-state index < -0.39 is 0 Å². The van der Waals surface area contributed by atoms with Crippen LogP contribution in [0.4, 0.5) is 11.6 Å². The molecule has 25 heavy (non-hydrogen) atoms. The second-order valence-corrected chi connectivity index (χ2v) is 6.89. The number of hydrogen-bond donors (Lipinski definition) is 1. The van der Waals surface area contributed by atoms with Gasteiger partial charge in [-0.1, -0.05) is 34.1 Å². The van der Waals surface area contributed by atoms with Gasteiger partial charge in [0.25, 0.3) is 0 Å². The molecule has 0 unspecified atom stereocenters. The molecule has 7 heteroatoms. The highest BCUT2D eigenvalue weighted by Crippen LogP contribution is 2.26. The van der Waals surface area contributed by atoms with E-state index >= 15 is 0 Å². The van der Waals surface area contributed by atoms with Crippen molar-refractivity contribution in [2.24, 2.45) is 0 Å². The molecule has 0 radical (unpaired) electrons. The number of ether oxygens (including phenoxy) is 1. The third-order valence-corrected chi connectivity index (χ3v) is 5.19. The molecule has 1 fully saturated rings. The van der Waals surface area contributed by atoms with Gasteiger partial charge in [-0.25, -0.2) is 9.97 Å². The van der Waals surface area contributed by atoms with Gasteiger partial charge in [0.2, 0.25) is 0 Å². The van der Waals surface area contributed by atoms with E-state index in [1.807, 2.05) is 31.5 Å². The van der Waals surface area contributed by atoms with Crippen molar-refractivity contribution >= 4 is 33.2 Å². The average Bonchev–Trinajstić information content (AvgIpc) is 2.97. The van der Waals surface area contributed by atoms with Crippen molar-refractivity contribution in [3.8, 4) is 0 Å². The van der Waals surface area contributed by atoms with Crippen LogP contribution in [0.3, 0.4) is 0 Å². The van der Waals surface area contributed by atoms with E-state index in [0.29, 0.717) is 0 Å². The van der Waals surface area contributed by atoms with Crippen LogP contribution in [-0.2, 0) is 11.3 Å². The first-order valence-corrected chi connectivity index (χ1v) is 9.17. The highest BCUT2D eigenvalue weighted by atomic mass is 79.9. The first kappa shape index (κ1) is 16.4. The topological polar surface area (TPSA) is 54.7 Å². The molecule has 0 aliphatic carbocycles. The molecule has 0 amide bonds. The van der Waals surface area contributed by atoms with Gasteiger partial charge < -0.3 is 15.0 Å². The van der Waals surface area contributed by atoms with Gasteiger partial charge in [-0.05, 0) is 18.6 Å². The molecule has 1 N–H and O–H groups in total. The lowest BCUT2D eigenvalue weighted by molar-refractivity contribution is 0.122. The number of imidazole rings is 1. The number of morpholine rings is 1. The first-order chi connectivity index (χ1) is 12.2. The molecular formula is C18H20BrN5O. The van der Waals surface area contributed by atoms with Crippen LogP contribution in [0.5, 0.6) is 0 Å². The summed E-state index contributed by atoms with van der Waals surface area (Å²) in [5.74, 6) is 1.92. The molecule has 130 valence electrons. The van der Waals surface area contributed by atoms with Crippen LogP contribution >= 0.6 is 15.9 Å². The van der Waals surface area contributed by atoms with Crippen molar-refractivity contribution in [3.63, 3.8) is 0 Å². The van der Waals surface area contributed by atoms with Crippen LogP contribution in [0.2, 0.25) is 0 Å². The minimum absolute atomic E-state index is 0.727. The predicted molar refractivity (Wildman–Crippen MR) is 102 cm³/mol. The van der Waals surface area contributed by atoms with Crippen molar-refractivity contribution < 1.29 is 4.74 Å². The van der Waals surface area contributed by atoms with Crippen LogP contribution in [0, 0.1) is 6.92 Å². The summed E-state index contributed by atoms with van der Waals surface area (Å²) in [6.07, 6.45) is 3.80. The molecule has 0 saturated carbocycles. The molecule has 3 aromatic rings. The minimum atomic E-state index is 0.727. The maximum Gasteiger partial charge on any atom is 0.182 e. The predicted octanol–water partition coefficient (Wildman–Crippen LogP) is 3.25. The van der Waals surface area contributed by atoms with Gasteiger partial charge in [0.15, 0.2) is 11.5 Å². The third-order valence-electron chi connectivity index (χ3n) is 4.41. The number of anilines is 2. The van der Waals surface area contributed by atoms with Gasteiger partial charge in [-0.3, -0.25) is 4.40 Å². The molecule has 4 rings (SSSR count). The Bertz CT molecular complexity index is 888. The fraction of sp³-hybridized carbons (Fsp3) is 0.333. The summed E-state index contributed by atoms with van der Waals surface area (Å²) in [4.78, 5) is 11.6. The number of benzene rings is 1. The van der Waals surface area contributed by atoms with Crippen LogP contribution in [-0.4, -0.2) is 40.7 Å². The number of hydrogen-bond acceptors (Lipinski definition) is 5. The Morgan fingerprint density at radius 2 is 2.04 bits per heavy atom. The number of rotatable bonds is 4. The fourth-order valence-corrected chi connectivity index (χ4v) is 3.53. The van der Waals surface area contributed by atoms with E-state index in [2.05, 4.69) is 47.7 Å². The van der Waals surface area contributed by atoms with E-state index in [9.17, 15) is 0 Å². The molecule has 1 aliphatic heterocycles. The molecular weight excluding hydrogens is 382 g/mol. The Kier molecular flexibility index (Phi) is 4.59. The molecule has 2 aromatic heterocycles. The Balaban J connectivity index is 1.65. The molecule has 1 aliphatic rings. The average molecular weight is 402 g/mol. The smallest absolute Gasteiger partial charge is 0.182 e. The molecule has 1 aromatic carbocycles. The molecule has 3 heterocycles. The highest BCUT2D eigenvalue weighted by molar-refractivity contribution is 9.10. The Labute approximate surface area is 155 Å². The van der Waals surface area contributed by atoms with Crippen LogP contribution < -0.4 is 10.2 Å². The maximum atomic E-state index is 5.45. The lowest BCUT2D eigenvalue weighted by atomic mass is 10.2. The third kappa shape index (κ3) is 3.21. The van der Waals surface area contributed by atoms with Crippen molar-refractivity contribution in [3.05, 3.63) is 52.4 Å². The zero-order chi connectivity index (χ0) is 17.2. The van der Waals surface area contributed by atoms with Gasteiger partial charge in [0.1, 0.15) is 5.82 Å². The second-order valence-electron chi connectivity index (χ2n) is 6.03. The normalized spacial score (nSPS) is 14.9. The summed E-state index contributed by atoms with van der Waals surface area (Å²) in [7, 11) is 0. The van der Waals surface area contributed by atoms with Gasteiger partial charge in [-0.2, -0.15) is 0 Å². The number of aryl methyl sites for hydroxylation is 1. The lowest BCUT2D eigenvalue weighted by Gasteiger charge is -2.27. The minimum Gasteiger partial charge on any atom is -0.378 e. The first-order valence-electron chi connectivity index (χ1n) is 8.37. The molecule has 0 atom stereocenters. The number of fused-ring (bicyclic) bond motifs is 1. The summed E-state index contributed by atoms with van der Waals surface area (Å²) in [6, 6.07) is 8.23. The summed E-state index contributed by atoms with van der Waals surface area (Å²) in [6.45, 7) is 5.91. The van der Waals surface area contributed by atoms with Gasteiger partial charge in [0.05, 0.1) is 18.9 Å².